The summed E-state index contributed by atoms with van der Waals surface area (Å²) < 4.78 is 7.65. The molecule has 11 atom stereocenters. The van der Waals surface area contributed by atoms with Gasteiger partial charge in [0.25, 0.3) is 0 Å². The number of hydrogen-bond acceptors (Lipinski definition) is 2. The van der Waals surface area contributed by atoms with Gasteiger partial charge in [0, 0.05) is 12.7 Å². The van der Waals surface area contributed by atoms with Crippen LogP contribution >= 0.6 is 0 Å². The zero-order valence-electron chi connectivity index (χ0n) is 26.2. The topological polar surface area (TPSA) is 29.5 Å². The summed E-state index contributed by atoms with van der Waals surface area (Å²) >= 11 is 0. The molecule has 1 N–H and O–H groups in total. The smallest absolute Gasteiger partial charge is 0.192 e. The largest absolute Gasteiger partial charge is 0.414 e. The van der Waals surface area contributed by atoms with Crippen LogP contribution in [0.15, 0.2) is 0 Å². The Labute approximate surface area is 232 Å². The third-order valence-corrected chi connectivity index (χ3v) is 18.7. The van der Waals surface area contributed by atoms with Gasteiger partial charge in [-0.05, 0) is 134 Å². The maximum Gasteiger partial charge on any atom is 0.192 e. The van der Waals surface area contributed by atoms with Gasteiger partial charge < -0.3 is 9.53 Å². The van der Waals surface area contributed by atoms with Gasteiger partial charge in [0.05, 0.1) is 0 Å². The van der Waals surface area contributed by atoms with Crippen LogP contribution < -0.4 is 0 Å². The van der Waals surface area contributed by atoms with Gasteiger partial charge in [-0.2, -0.15) is 0 Å². The fourth-order valence-electron chi connectivity index (χ4n) is 11.4. The van der Waals surface area contributed by atoms with Gasteiger partial charge in [-0.25, -0.2) is 0 Å². The molecule has 3 heteroatoms. The average molecular weight is 533 g/mol. The Bertz CT molecular complexity index is 727. The second kappa shape index (κ2) is 11.9. The fourth-order valence-corrected chi connectivity index (χ4v) is 14.3. The normalized spacial score (nSPS) is 44.7. The van der Waals surface area contributed by atoms with Crippen molar-refractivity contribution in [1.29, 1.82) is 0 Å². The average Bonchev–Trinajstić information content (AvgIpc) is 3.27. The standard InChI is InChI=1S/C34H64O2Si/c1-9-25-18-19-33(7)27(21-25)23-31(36-37(11-3,12-4)13-5)32-29-17-16-28(24(6)15-14-20-35)34(29,8)26(10-2)22-30(32)33/h24-32,35H,9-23H2,1-8H3/t24-,25-,26+,27+,28-,29+,30+,31?,32?,33+,34-/m1/s1. The molecule has 4 aliphatic rings. The van der Waals surface area contributed by atoms with Crippen molar-refractivity contribution in [3.05, 3.63) is 0 Å². The van der Waals surface area contributed by atoms with E-state index in [-0.39, 0.29) is 0 Å². The monoisotopic (exact) mass is 532 g/mol. The summed E-state index contributed by atoms with van der Waals surface area (Å²) in [5, 5.41) is 9.58. The van der Waals surface area contributed by atoms with Gasteiger partial charge in [0.2, 0.25) is 0 Å². The summed E-state index contributed by atoms with van der Waals surface area (Å²) in [5.74, 6) is 6.70. The molecule has 0 saturated heterocycles. The van der Waals surface area contributed by atoms with Crippen LogP contribution in [-0.4, -0.2) is 26.1 Å². The lowest BCUT2D eigenvalue weighted by Gasteiger charge is -2.66. The van der Waals surface area contributed by atoms with E-state index >= 15 is 0 Å². The first-order valence-corrected chi connectivity index (χ1v) is 19.5. The minimum Gasteiger partial charge on any atom is -0.414 e. The molecule has 0 spiro atoms. The molecule has 2 unspecified atom stereocenters. The predicted octanol–water partition coefficient (Wildman–Crippen LogP) is 9.72. The zero-order valence-corrected chi connectivity index (χ0v) is 27.2. The van der Waals surface area contributed by atoms with Crippen molar-refractivity contribution in [2.45, 2.75) is 150 Å². The Kier molecular flexibility index (Phi) is 9.71. The highest BCUT2D eigenvalue weighted by molar-refractivity contribution is 6.73. The summed E-state index contributed by atoms with van der Waals surface area (Å²) in [6.07, 6.45) is 15.5. The van der Waals surface area contributed by atoms with Crippen molar-refractivity contribution in [3.8, 4) is 0 Å². The minimum atomic E-state index is -1.67. The van der Waals surface area contributed by atoms with Crippen molar-refractivity contribution in [2.24, 2.45) is 58.2 Å². The van der Waals surface area contributed by atoms with Gasteiger partial charge in [0.1, 0.15) is 0 Å². The van der Waals surface area contributed by atoms with Crippen molar-refractivity contribution in [2.75, 3.05) is 6.61 Å². The van der Waals surface area contributed by atoms with Crippen LogP contribution in [0.3, 0.4) is 0 Å². The second-order valence-electron chi connectivity index (χ2n) is 14.9. The first-order valence-electron chi connectivity index (χ1n) is 17.0. The van der Waals surface area contributed by atoms with E-state index in [1.54, 1.807) is 0 Å². The minimum absolute atomic E-state index is 0.352. The van der Waals surface area contributed by atoms with Crippen LogP contribution in [-0.2, 0) is 4.43 Å². The maximum absolute atomic E-state index is 9.58. The summed E-state index contributed by atoms with van der Waals surface area (Å²) in [5.41, 5.74) is 0.978. The highest BCUT2D eigenvalue weighted by atomic mass is 28.4. The van der Waals surface area contributed by atoms with E-state index in [1.807, 2.05) is 0 Å². The van der Waals surface area contributed by atoms with E-state index in [0.717, 1.165) is 53.8 Å². The number of aliphatic hydroxyl groups excluding tert-OH is 1. The molecule has 4 saturated carbocycles. The fraction of sp³-hybridized carbons (Fsp3) is 1.00. The van der Waals surface area contributed by atoms with E-state index in [4.69, 9.17) is 4.43 Å². The molecular weight excluding hydrogens is 468 g/mol. The van der Waals surface area contributed by atoms with Crippen LogP contribution in [0.1, 0.15) is 126 Å². The van der Waals surface area contributed by atoms with Crippen molar-refractivity contribution >= 4 is 8.32 Å². The Balaban J connectivity index is 1.74. The van der Waals surface area contributed by atoms with Gasteiger partial charge >= 0.3 is 0 Å². The van der Waals surface area contributed by atoms with Gasteiger partial charge in [-0.15, -0.1) is 0 Å². The van der Waals surface area contributed by atoms with Crippen LogP contribution in [0.25, 0.3) is 0 Å². The van der Waals surface area contributed by atoms with Crippen LogP contribution in [0, 0.1) is 58.2 Å². The van der Waals surface area contributed by atoms with Crippen LogP contribution in [0.4, 0.5) is 0 Å². The second-order valence-corrected chi connectivity index (χ2v) is 19.6. The highest BCUT2D eigenvalue weighted by Gasteiger charge is 2.66. The molecule has 0 radical (unpaired) electrons. The van der Waals surface area contributed by atoms with E-state index in [0.29, 0.717) is 23.5 Å². The molecule has 4 aliphatic carbocycles. The summed E-state index contributed by atoms with van der Waals surface area (Å²) in [6.45, 7) is 20.6. The van der Waals surface area contributed by atoms with Crippen molar-refractivity contribution in [3.63, 3.8) is 0 Å². The predicted molar refractivity (Wildman–Crippen MR) is 161 cm³/mol. The third-order valence-electron chi connectivity index (χ3n) is 14.1. The van der Waals surface area contributed by atoms with E-state index in [1.165, 1.54) is 82.3 Å². The van der Waals surface area contributed by atoms with Crippen LogP contribution in [0.5, 0.6) is 0 Å². The van der Waals surface area contributed by atoms with Crippen molar-refractivity contribution < 1.29 is 9.53 Å². The van der Waals surface area contributed by atoms with Crippen molar-refractivity contribution in [1.82, 2.24) is 0 Å². The number of aliphatic hydroxyl groups is 1. The molecule has 0 heterocycles. The first-order chi connectivity index (χ1) is 17.7. The lowest BCUT2D eigenvalue weighted by Crippen LogP contribution is -2.62. The lowest BCUT2D eigenvalue weighted by atomic mass is 9.41. The molecule has 216 valence electrons. The molecule has 4 fully saturated rings. The van der Waals surface area contributed by atoms with E-state index in [2.05, 4.69) is 55.4 Å². The molecule has 0 aromatic carbocycles. The quantitative estimate of drug-likeness (QED) is 0.268. The Hall–Kier alpha value is 0.137. The van der Waals surface area contributed by atoms with Gasteiger partial charge in [0.15, 0.2) is 8.32 Å². The van der Waals surface area contributed by atoms with E-state index < -0.39 is 8.32 Å². The summed E-state index contributed by atoms with van der Waals surface area (Å²) in [6, 6.07) is 3.86. The molecule has 4 rings (SSSR count). The molecule has 37 heavy (non-hydrogen) atoms. The Morgan fingerprint density at radius 3 is 2.19 bits per heavy atom. The van der Waals surface area contributed by atoms with Gasteiger partial charge in [-0.3, -0.25) is 0 Å². The zero-order chi connectivity index (χ0) is 27.0. The number of fused-ring (bicyclic) bond motifs is 5. The molecule has 0 aromatic heterocycles. The first kappa shape index (κ1) is 30.1. The third kappa shape index (κ3) is 5.07. The number of rotatable bonds is 11. The maximum atomic E-state index is 9.58. The van der Waals surface area contributed by atoms with Gasteiger partial charge in [-0.1, -0.05) is 68.2 Å². The Morgan fingerprint density at radius 1 is 0.892 bits per heavy atom. The molecule has 0 aliphatic heterocycles. The SMILES string of the molecule is CC[C@@H]1CC[C@@]2(C)[C@H](CC(O[Si](CC)(CC)CC)C3[C@@H]2C[C@H](CC)[C@]2(C)[C@@H]([C@H](C)CCCO)CC[C@@H]32)C1. The lowest BCUT2D eigenvalue weighted by molar-refractivity contribution is -0.185. The summed E-state index contributed by atoms with van der Waals surface area (Å²) in [4.78, 5) is 0. The molecule has 0 bridgehead atoms. The molecule has 0 aromatic rings. The van der Waals surface area contributed by atoms with E-state index in [9.17, 15) is 5.11 Å². The van der Waals surface area contributed by atoms with Crippen LogP contribution in [0.2, 0.25) is 18.1 Å². The number of hydrogen-bond donors (Lipinski definition) is 1. The summed E-state index contributed by atoms with van der Waals surface area (Å²) in [7, 11) is -1.67. The molecular formula is C34H64O2Si. The molecule has 0 amide bonds. The Morgan fingerprint density at radius 2 is 1.59 bits per heavy atom. The highest BCUT2D eigenvalue weighted by Crippen LogP contribution is 2.71. The molecule has 2 nitrogen and oxygen atoms in total.